The lowest BCUT2D eigenvalue weighted by Crippen LogP contribution is -2.43. The van der Waals surface area contributed by atoms with Crippen LogP contribution in [0.4, 0.5) is 10.1 Å². The summed E-state index contributed by atoms with van der Waals surface area (Å²) in [4.78, 5) is 20.0. The van der Waals surface area contributed by atoms with Crippen LogP contribution in [0.5, 0.6) is 0 Å². The fourth-order valence-corrected chi connectivity index (χ4v) is 3.63. The molecule has 1 aromatic carbocycles. The molecule has 0 aliphatic carbocycles. The molecule has 0 unspecified atom stereocenters. The Kier molecular flexibility index (Phi) is 4.65. The standard InChI is InChI=1S/C19H19FN4OS/c1-26-17-4-2-13(10-15(17)20)16-11-19(25)24-12-14(3-5-18(24)22-16)23-8-6-21-7-9-23/h2-5,10-12,21H,6-9H2,1H3. The van der Waals surface area contributed by atoms with E-state index in [2.05, 4.69) is 15.2 Å². The first-order valence-corrected chi connectivity index (χ1v) is 9.71. The number of rotatable bonds is 3. The molecule has 0 radical (unpaired) electrons. The molecule has 3 heterocycles. The monoisotopic (exact) mass is 370 g/mol. The molecule has 1 saturated heterocycles. The number of aromatic nitrogens is 2. The number of nitrogens with one attached hydrogen (secondary N) is 1. The molecule has 1 aliphatic rings. The second-order valence-corrected chi connectivity index (χ2v) is 7.03. The summed E-state index contributed by atoms with van der Waals surface area (Å²) in [6, 6.07) is 10.2. The summed E-state index contributed by atoms with van der Waals surface area (Å²) in [5.41, 5.74) is 2.48. The van der Waals surface area contributed by atoms with E-state index in [-0.39, 0.29) is 11.4 Å². The van der Waals surface area contributed by atoms with Crippen LogP contribution in [0.2, 0.25) is 0 Å². The van der Waals surface area contributed by atoms with Crippen molar-refractivity contribution in [3.05, 3.63) is 58.8 Å². The van der Waals surface area contributed by atoms with Gasteiger partial charge in [0.05, 0.1) is 11.4 Å². The highest BCUT2D eigenvalue weighted by molar-refractivity contribution is 7.98. The van der Waals surface area contributed by atoms with Crippen molar-refractivity contribution in [1.29, 1.82) is 0 Å². The third-order valence-electron chi connectivity index (χ3n) is 4.57. The molecule has 0 saturated carbocycles. The Labute approximate surface area is 154 Å². The molecule has 0 atom stereocenters. The van der Waals surface area contributed by atoms with Crippen molar-refractivity contribution >= 4 is 23.1 Å². The summed E-state index contributed by atoms with van der Waals surface area (Å²) in [6.07, 6.45) is 3.66. The SMILES string of the molecule is CSc1ccc(-c2cc(=O)n3cc(N4CCNCC4)ccc3n2)cc1F. The molecular formula is C19H19FN4OS. The quantitative estimate of drug-likeness (QED) is 0.719. The van der Waals surface area contributed by atoms with E-state index >= 15 is 0 Å². The van der Waals surface area contributed by atoms with E-state index in [9.17, 15) is 9.18 Å². The van der Waals surface area contributed by atoms with Crippen molar-refractivity contribution in [2.45, 2.75) is 4.90 Å². The maximum atomic E-state index is 14.1. The van der Waals surface area contributed by atoms with E-state index in [0.717, 1.165) is 31.9 Å². The topological polar surface area (TPSA) is 49.6 Å². The molecule has 26 heavy (non-hydrogen) atoms. The number of benzene rings is 1. The van der Waals surface area contributed by atoms with E-state index in [1.54, 1.807) is 16.5 Å². The van der Waals surface area contributed by atoms with Crippen molar-refractivity contribution in [3.63, 3.8) is 0 Å². The third-order valence-corrected chi connectivity index (χ3v) is 5.34. The van der Waals surface area contributed by atoms with Gasteiger partial charge in [-0.1, -0.05) is 6.07 Å². The van der Waals surface area contributed by atoms with Crippen molar-refractivity contribution in [1.82, 2.24) is 14.7 Å². The number of thioether (sulfide) groups is 1. The van der Waals surface area contributed by atoms with Crippen LogP contribution in [0, 0.1) is 5.82 Å². The smallest absolute Gasteiger partial charge is 0.258 e. The normalized spacial score (nSPS) is 14.8. The van der Waals surface area contributed by atoms with Gasteiger partial charge in [0.2, 0.25) is 0 Å². The van der Waals surface area contributed by atoms with Gasteiger partial charge in [-0.3, -0.25) is 9.20 Å². The van der Waals surface area contributed by atoms with E-state index in [1.807, 2.05) is 24.6 Å². The van der Waals surface area contributed by atoms with Gasteiger partial charge in [0, 0.05) is 48.9 Å². The molecule has 1 aliphatic heterocycles. The molecule has 134 valence electrons. The highest BCUT2D eigenvalue weighted by Crippen LogP contribution is 2.25. The summed E-state index contributed by atoms with van der Waals surface area (Å²) in [5.74, 6) is -0.300. The Morgan fingerprint density at radius 2 is 1.96 bits per heavy atom. The van der Waals surface area contributed by atoms with Gasteiger partial charge in [0.1, 0.15) is 11.5 Å². The molecule has 3 aromatic rings. The maximum Gasteiger partial charge on any atom is 0.258 e. The summed E-state index contributed by atoms with van der Waals surface area (Å²) < 4.78 is 15.6. The number of nitrogens with zero attached hydrogens (tertiary/aromatic N) is 3. The first kappa shape index (κ1) is 17.1. The number of anilines is 1. The molecule has 0 spiro atoms. The summed E-state index contributed by atoms with van der Waals surface area (Å²) >= 11 is 1.35. The van der Waals surface area contributed by atoms with Gasteiger partial charge < -0.3 is 10.2 Å². The first-order valence-electron chi connectivity index (χ1n) is 8.49. The number of hydrogen-bond acceptors (Lipinski definition) is 5. The zero-order chi connectivity index (χ0) is 18.1. The van der Waals surface area contributed by atoms with E-state index in [0.29, 0.717) is 21.8 Å². The molecule has 1 N–H and O–H groups in total. The zero-order valence-electron chi connectivity index (χ0n) is 14.4. The number of hydrogen-bond donors (Lipinski definition) is 1. The summed E-state index contributed by atoms with van der Waals surface area (Å²) in [6.45, 7) is 3.68. The minimum Gasteiger partial charge on any atom is -0.368 e. The third kappa shape index (κ3) is 3.20. The Morgan fingerprint density at radius 1 is 1.15 bits per heavy atom. The maximum absolute atomic E-state index is 14.1. The van der Waals surface area contributed by atoms with Crippen LogP contribution in [0.15, 0.2) is 52.3 Å². The molecule has 1 fully saturated rings. The zero-order valence-corrected chi connectivity index (χ0v) is 15.2. The van der Waals surface area contributed by atoms with E-state index < -0.39 is 0 Å². The van der Waals surface area contributed by atoms with Gasteiger partial charge in [-0.15, -0.1) is 11.8 Å². The molecule has 5 nitrogen and oxygen atoms in total. The second-order valence-electron chi connectivity index (χ2n) is 6.18. The number of pyridine rings is 1. The molecule has 0 amide bonds. The molecule has 0 bridgehead atoms. The fourth-order valence-electron chi connectivity index (χ4n) is 3.18. The number of halogens is 1. The van der Waals surface area contributed by atoms with Crippen LogP contribution in [0.3, 0.4) is 0 Å². The fraction of sp³-hybridized carbons (Fsp3) is 0.263. The van der Waals surface area contributed by atoms with Crippen LogP contribution in [-0.2, 0) is 0 Å². The van der Waals surface area contributed by atoms with Gasteiger partial charge >= 0.3 is 0 Å². The van der Waals surface area contributed by atoms with Gasteiger partial charge in [-0.25, -0.2) is 9.37 Å². The van der Waals surface area contributed by atoms with E-state index in [4.69, 9.17) is 0 Å². The lowest BCUT2D eigenvalue weighted by Gasteiger charge is -2.29. The van der Waals surface area contributed by atoms with Crippen LogP contribution < -0.4 is 15.8 Å². The largest absolute Gasteiger partial charge is 0.368 e. The van der Waals surface area contributed by atoms with Gasteiger partial charge in [-0.2, -0.15) is 0 Å². The van der Waals surface area contributed by atoms with E-state index in [1.165, 1.54) is 23.9 Å². The minimum absolute atomic E-state index is 0.170. The van der Waals surface area contributed by atoms with Crippen molar-refractivity contribution in [2.24, 2.45) is 0 Å². The van der Waals surface area contributed by atoms with Crippen LogP contribution in [0.1, 0.15) is 0 Å². The lowest BCUT2D eigenvalue weighted by atomic mass is 10.1. The Morgan fingerprint density at radius 3 is 2.69 bits per heavy atom. The number of piperazine rings is 1. The average molecular weight is 370 g/mol. The van der Waals surface area contributed by atoms with Crippen molar-refractivity contribution in [3.8, 4) is 11.3 Å². The van der Waals surface area contributed by atoms with Crippen LogP contribution in [0.25, 0.3) is 16.9 Å². The number of fused-ring (bicyclic) bond motifs is 1. The van der Waals surface area contributed by atoms with Gasteiger partial charge in [-0.05, 0) is 30.5 Å². The molecule has 2 aromatic heterocycles. The van der Waals surface area contributed by atoms with Gasteiger partial charge in [0.15, 0.2) is 0 Å². The Bertz CT molecular complexity index is 1010. The Hall–Kier alpha value is -2.38. The Balaban J connectivity index is 1.75. The molecule has 7 heteroatoms. The minimum atomic E-state index is -0.300. The van der Waals surface area contributed by atoms with Crippen molar-refractivity contribution < 1.29 is 4.39 Å². The van der Waals surface area contributed by atoms with Crippen LogP contribution in [-0.4, -0.2) is 41.8 Å². The predicted molar refractivity (Wildman–Crippen MR) is 104 cm³/mol. The van der Waals surface area contributed by atoms with Gasteiger partial charge in [0.25, 0.3) is 5.56 Å². The summed E-state index contributed by atoms with van der Waals surface area (Å²) in [5, 5.41) is 3.32. The first-order chi connectivity index (χ1) is 12.7. The predicted octanol–water partition coefficient (Wildman–Crippen LogP) is 2.63. The van der Waals surface area contributed by atoms with Crippen molar-refractivity contribution in [2.75, 3.05) is 37.3 Å². The average Bonchev–Trinajstić information content (AvgIpc) is 2.68. The highest BCUT2D eigenvalue weighted by Gasteiger charge is 2.13. The highest BCUT2D eigenvalue weighted by atomic mass is 32.2. The van der Waals surface area contributed by atoms with Crippen LogP contribution >= 0.6 is 11.8 Å². The lowest BCUT2D eigenvalue weighted by molar-refractivity contribution is 0.588. The second kappa shape index (κ2) is 7.09. The summed E-state index contributed by atoms with van der Waals surface area (Å²) in [7, 11) is 0. The molecular weight excluding hydrogens is 351 g/mol. The molecule has 4 rings (SSSR count).